The first-order valence-electron chi connectivity index (χ1n) is 7.69. The van der Waals surface area contributed by atoms with E-state index in [1.807, 2.05) is 12.1 Å². The number of nitrogens with one attached hydrogen (secondary N) is 1. The first kappa shape index (κ1) is 20.2. The number of hydrogen-bond donors (Lipinski definition) is 1. The van der Waals surface area contributed by atoms with Crippen molar-refractivity contribution in [2.75, 3.05) is 11.1 Å². The van der Waals surface area contributed by atoms with Gasteiger partial charge in [-0.2, -0.15) is 0 Å². The number of benzene rings is 2. The summed E-state index contributed by atoms with van der Waals surface area (Å²) in [6.45, 7) is 1.36. The summed E-state index contributed by atoms with van der Waals surface area (Å²) in [4.78, 5) is 24.7. The van der Waals surface area contributed by atoms with Gasteiger partial charge in [0.1, 0.15) is 11.6 Å². The van der Waals surface area contributed by atoms with E-state index < -0.39 is 29.6 Å². The predicted octanol–water partition coefficient (Wildman–Crippen LogP) is 4.67. The van der Waals surface area contributed by atoms with E-state index in [-0.39, 0.29) is 12.1 Å². The third-order valence-corrected chi connectivity index (χ3v) is 4.52. The van der Waals surface area contributed by atoms with Gasteiger partial charge in [0.2, 0.25) is 0 Å². The maximum atomic E-state index is 13.5. The summed E-state index contributed by atoms with van der Waals surface area (Å²) in [5.74, 6) is -2.31. The maximum absolute atomic E-state index is 13.5. The highest BCUT2D eigenvalue weighted by molar-refractivity contribution is 7.99. The van der Waals surface area contributed by atoms with Crippen LogP contribution in [0.5, 0.6) is 0 Å². The lowest BCUT2D eigenvalue weighted by molar-refractivity contribution is -0.152. The van der Waals surface area contributed by atoms with Crippen molar-refractivity contribution in [1.82, 2.24) is 0 Å². The monoisotopic (exact) mass is 399 g/mol. The van der Waals surface area contributed by atoms with Gasteiger partial charge in [-0.15, -0.1) is 11.8 Å². The number of thioether (sulfide) groups is 1. The molecule has 0 heterocycles. The Bertz CT molecular complexity index is 787. The molecule has 2 aromatic carbocycles. The molecule has 26 heavy (non-hydrogen) atoms. The van der Waals surface area contributed by atoms with Gasteiger partial charge < -0.3 is 10.1 Å². The van der Waals surface area contributed by atoms with Crippen LogP contribution in [-0.2, 0) is 14.3 Å². The van der Waals surface area contributed by atoms with E-state index in [0.29, 0.717) is 10.8 Å². The molecule has 0 fully saturated rings. The minimum Gasteiger partial charge on any atom is -0.453 e. The molecule has 0 aromatic heterocycles. The minimum absolute atomic E-state index is 0.0965. The Balaban J connectivity index is 1.77. The lowest BCUT2D eigenvalue weighted by Gasteiger charge is -2.14. The molecule has 2 rings (SSSR count). The third kappa shape index (κ3) is 6.31. The minimum atomic E-state index is -1.13. The summed E-state index contributed by atoms with van der Waals surface area (Å²) < 4.78 is 31.6. The van der Waals surface area contributed by atoms with Crippen molar-refractivity contribution in [2.45, 2.75) is 24.3 Å². The number of carbonyl (C=O) groups is 2. The summed E-state index contributed by atoms with van der Waals surface area (Å²) in [5.41, 5.74) is -0.309. The molecule has 0 saturated carbocycles. The molecule has 4 nitrogen and oxygen atoms in total. The largest absolute Gasteiger partial charge is 0.453 e. The second-order valence-electron chi connectivity index (χ2n) is 5.30. The van der Waals surface area contributed by atoms with Crippen LogP contribution in [0.4, 0.5) is 14.5 Å². The molecule has 0 saturated heterocycles. The number of ether oxygens (including phenoxy) is 1. The second kappa shape index (κ2) is 9.54. The molecule has 2 aromatic rings. The highest BCUT2D eigenvalue weighted by Crippen LogP contribution is 2.21. The Morgan fingerprint density at radius 1 is 1.19 bits per heavy atom. The number of anilines is 1. The molecule has 0 bridgehead atoms. The zero-order valence-corrected chi connectivity index (χ0v) is 15.4. The van der Waals surface area contributed by atoms with Gasteiger partial charge >= 0.3 is 5.97 Å². The molecular weight excluding hydrogens is 384 g/mol. The van der Waals surface area contributed by atoms with Crippen molar-refractivity contribution in [2.24, 2.45) is 0 Å². The first-order valence-corrected chi connectivity index (χ1v) is 9.05. The summed E-state index contributed by atoms with van der Waals surface area (Å²) in [6.07, 6.45) is -1.04. The molecule has 1 N–H and O–H groups in total. The quantitative estimate of drug-likeness (QED) is 0.543. The van der Waals surface area contributed by atoms with Crippen LogP contribution in [0.1, 0.15) is 13.3 Å². The fourth-order valence-corrected chi connectivity index (χ4v) is 2.88. The number of hydrogen-bond acceptors (Lipinski definition) is 4. The van der Waals surface area contributed by atoms with Crippen LogP contribution in [0, 0.1) is 11.6 Å². The van der Waals surface area contributed by atoms with Crippen molar-refractivity contribution >= 4 is 40.9 Å². The Hall–Kier alpha value is -2.12. The van der Waals surface area contributed by atoms with Crippen LogP contribution in [0.25, 0.3) is 0 Å². The molecule has 0 unspecified atom stereocenters. The van der Waals surface area contributed by atoms with E-state index >= 15 is 0 Å². The lowest BCUT2D eigenvalue weighted by atomic mass is 10.2. The maximum Gasteiger partial charge on any atom is 0.307 e. The molecule has 0 radical (unpaired) electrons. The van der Waals surface area contributed by atoms with Crippen LogP contribution in [0.3, 0.4) is 0 Å². The average Bonchev–Trinajstić information content (AvgIpc) is 2.59. The fraction of sp³-hybridized carbons (Fsp3) is 0.222. The molecule has 0 aliphatic heterocycles. The zero-order chi connectivity index (χ0) is 19.1. The Labute approximate surface area is 158 Å². The van der Waals surface area contributed by atoms with Crippen molar-refractivity contribution in [1.29, 1.82) is 0 Å². The topological polar surface area (TPSA) is 55.4 Å². The number of carbonyl (C=O) groups excluding carboxylic acids is 2. The third-order valence-electron chi connectivity index (χ3n) is 3.25. The van der Waals surface area contributed by atoms with E-state index in [1.54, 1.807) is 12.1 Å². The van der Waals surface area contributed by atoms with E-state index in [1.165, 1.54) is 18.7 Å². The number of amides is 1. The predicted molar refractivity (Wildman–Crippen MR) is 97.3 cm³/mol. The normalized spacial score (nSPS) is 11.7. The SMILES string of the molecule is C[C@H](OC(=O)CCSc1ccc(Cl)cc1)C(=O)Nc1cc(F)ccc1F. The van der Waals surface area contributed by atoms with E-state index in [4.69, 9.17) is 16.3 Å². The van der Waals surface area contributed by atoms with Gasteiger partial charge in [-0.25, -0.2) is 8.78 Å². The number of halogens is 3. The Kier molecular flexibility index (Phi) is 7.41. The molecule has 8 heteroatoms. The highest BCUT2D eigenvalue weighted by atomic mass is 35.5. The molecule has 1 amide bonds. The van der Waals surface area contributed by atoms with Gasteiger partial charge in [0.25, 0.3) is 5.91 Å². The highest BCUT2D eigenvalue weighted by Gasteiger charge is 2.19. The molecule has 0 aliphatic carbocycles. The van der Waals surface area contributed by atoms with Gasteiger partial charge in [0.05, 0.1) is 12.1 Å². The Morgan fingerprint density at radius 3 is 2.58 bits per heavy atom. The van der Waals surface area contributed by atoms with Gasteiger partial charge in [-0.05, 0) is 43.3 Å². The number of rotatable bonds is 7. The van der Waals surface area contributed by atoms with Crippen LogP contribution in [-0.4, -0.2) is 23.7 Å². The zero-order valence-electron chi connectivity index (χ0n) is 13.8. The van der Waals surface area contributed by atoms with Gasteiger partial charge in [-0.1, -0.05) is 11.6 Å². The lowest BCUT2D eigenvalue weighted by Crippen LogP contribution is -2.30. The van der Waals surface area contributed by atoms with Gasteiger partial charge in [-0.3, -0.25) is 9.59 Å². The molecular formula is C18H16ClF2NO3S. The van der Waals surface area contributed by atoms with Crippen LogP contribution in [0.2, 0.25) is 5.02 Å². The van der Waals surface area contributed by atoms with Crippen molar-refractivity contribution in [3.8, 4) is 0 Å². The summed E-state index contributed by atoms with van der Waals surface area (Å²) in [6, 6.07) is 9.86. The van der Waals surface area contributed by atoms with E-state index in [2.05, 4.69) is 5.32 Å². The van der Waals surface area contributed by atoms with Crippen molar-refractivity contribution in [3.05, 3.63) is 59.1 Å². The average molecular weight is 400 g/mol. The molecule has 0 aliphatic rings. The number of esters is 1. The van der Waals surface area contributed by atoms with Crippen LogP contribution < -0.4 is 5.32 Å². The van der Waals surface area contributed by atoms with E-state index in [9.17, 15) is 18.4 Å². The fourth-order valence-electron chi connectivity index (χ4n) is 1.92. The Morgan fingerprint density at radius 2 is 1.88 bits per heavy atom. The second-order valence-corrected chi connectivity index (χ2v) is 6.90. The summed E-state index contributed by atoms with van der Waals surface area (Å²) >= 11 is 7.24. The summed E-state index contributed by atoms with van der Waals surface area (Å²) in [5, 5.41) is 2.82. The van der Waals surface area contributed by atoms with Crippen molar-refractivity contribution < 1.29 is 23.1 Å². The van der Waals surface area contributed by atoms with Gasteiger partial charge in [0, 0.05) is 21.7 Å². The molecule has 0 spiro atoms. The van der Waals surface area contributed by atoms with Crippen LogP contribution >= 0.6 is 23.4 Å². The first-order chi connectivity index (χ1) is 12.3. The van der Waals surface area contributed by atoms with E-state index in [0.717, 1.165) is 23.1 Å². The molecule has 138 valence electrons. The van der Waals surface area contributed by atoms with Crippen LogP contribution in [0.15, 0.2) is 47.4 Å². The standard InChI is InChI=1S/C18H16ClF2NO3S/c1-11(18(24)22-16-10-13(20)4-7-15(16)21)25-17(23)8-9-26-14-5-2-12(19)3-6-14/h2-7,10-11H,8-9H2,1H3,(H,22,24)/t11-/m0/s1. The smallest absolute Gasteiger partial charge is 0.307 e. The van der Waals surface area contributed by atoms with Crippen molar-refractivity contribution in [3.63, 3.8) is 0 Å². The van der Waals surface area contributed by atoms with Gasteiger partial charge in [0.15, 0.2) is 6.10 Å². The molecule has 1 atom stereocenters. The summed E-state index contributed by atoms with van der Waals surface area (Å²) in [7, 11) is 0.